The van der Waals surface area contributed by atoms with Crippen LogP contribution in [0.2, 0.25) is 0 Å². The minimum atomic E-state index is -0.328. The van der Waals surface area contributed by atoms with Gasteiger partial charge in [-0.25, -0.2) is 4.39 Å². The first-order valence-corrected chi connectivity index (χ1v) is 6.08. The zero-order valence-corrected chi connectivity index (χ0v) is 11.3. The molecule has 0 aliphatic carbocycles. The van der Waals surface area contributed by atoms with E-state index in [1.807, 2.05) is 25.1 Å². The molecule has 0 bridgehead atoms. The number of aromatic nitrogens is 1. The molecular weight excluding hydrogens is 243 g/mol. The lowest BCUT2D eigenvalue weighted by atomic mass is 9.97. The largest absolute Gasteiger partial charge is 0.496 e. The van der Waals surface area contributed by atoms with Crippen LogP contribution in [0, 0.1) is 12.7 Å². The number of rotatable bonds is 4. The summed E-state index contributed by atoms with van der Waals surface area (Å²) in [7, 11) is 3.41. The van der Waals surface area contributed by atoms with E-state index in [9.17, 15) is 4.39 Å². The average molecular weight is 260 g/mol. The average Bonchev–Trinajstić information content (AvgIpc) is 2.42. The van der Waals surface area contributed by atoms with Gasteiger partial charge in [0.2, 0.25) is 0 Å². The zero-order valence-electron chi connectivity index (χ0n) is 11.3. The van der Waals surface area contributed by atoms with Gasteiger partial charge in [-0.15, -0.1) is 0 Å². The van der Waals surface area contributed by atoms with Crippen molar-refractivity contribution in [2.45, 2.75) is 13.0 Å². The van der Waals surface area contributed by atoms with Gasteiger partial charge >= 0.3 is 0 Å². The van der Waals surface area contributed by atoms with E-state index in [0.29, 0.717) is 5.56 Å². The second-order valence-corrected chi connectivity index (χ2v) is 4.36. The Balaban J connectivity index is 2.54. The Bertz CT molecular complexity index is 572. The van der Waals surface area contributed by atoms with Crippen LogP contribution >= 0.6 is 0 Å². The Morgan fingerprint density at radius 1 is 1.26 bits per heavy atom. The standard InChI is InChI=1S/C15H17FN2O/c1-10-4-5-14(19-3)12(8-10)15(17-2)11-6-7-18-9-13(11)16/h4-9,15,17H,1-3H3. The number of ether oxygens (including phenoxy) is 1. The highest BCUT2D eigenvalue weighted by molar-refractivity contribution is 5.43. The van der Waals surface area contributed by atoms with Gasteiger partial charge in [0, 0.05) is 17.3 Å². The van der Waals surface area contributed by atoms with Crippen molar-refractivity contribution in [3.8, 4) is 5.75 Å². The van der Waals surface area contributed by atoms with Crippen molar-refractivity contribution >= 4 is 0 Å². The molecular formula is C15H17FN2O. The zero-order chi connectivity index (χ0) is 13.8. The maximum Gasteiger partial charge on any atom is 0.146 e. The van der Waals surface area contributed by atoms with Gasteiger partial charge in [0.1, 0.15) is 11.6 Å². The molecule has 19 heavy (non-hydrogen) atoms. The van der Waals surface area contributed by atoms with Crippen molar-refractivity contribution in [2.75, 3.05) is 14.2 Å². The molecule has 2 aromatic rings. The summed E-state index contributed by atoms with van der Waals surface area (Å²) in [6.45, 7) is 2.00. The van der Waals surface area contributed by atoms with Crippen molar-refractivity contribution in [3.63, 3.8) is 0 Å². The molecule has 0 aliphatic heterocycles. The molecule has 1 aromatic carbocycles. The number of aryl methyl sites for hydroxylation is 1. The Kier molecular flexibility index (Phi) is 4.12. The minimum absolute atomic E-state index is 0.266. The first kappa shape index (κ1) is 13.5. The molecule has 1 atom stereocenters. The van der Waals surface area contributed by atoms with Gasteiger partial charge in [-0.2, -0.15) is 0 Å². The number of hydrogen-bond donors (Lipinski definition) is 1. The van der Waals surface area contributed by atoms with Crippen LogP contribution in [0.4, 0.5) is 4.39 Å². The minimum Gasteiger partial charge on any atom is -0.496 e. The van der Waals surface area contributed by atoms with E-state index in [-0.39, 0.29) is 11.9 Å². The fourth-order valence-corrected chi connectivity index (χ4v) is 2.18. The monoisotopic (exact) mass is 260 g/mol. The van der Waals surface area contributed by atoms with Crippen LogP contribution in [0.25, 0.3) is 0 Å². The number of hydrogen-bond acceptors (Lipinski definition) is 3. The number of nitrogens with one attached hydrogen (secondary N) is 1. The third-order valence-corrected chi connectivity index (χ3v) is 3.10. The maximum atomic E-state index is 13.9. The van der Waals surface area contributed by atoms with Gasteiger partial charge in [-0.05, 0) is 26.1 Å². The normalized spacial score (nSPS) is 12.2. The second kappa shape index (κ2) is 5.80. The SMILES string of the molecule is CNC(c1ccncc1F)c1cc(C)ccc1OC. The number of halogens is 1. The van der Waals surface area contributed by atoms with Crippen molar-refractivity contribution in [1.82, 2.24) is 10.3 Å². The lowest BCUT2D eigenvalue weighted by Gasteiger charge is -2.20. The van der Waals surface area contributed by atoms with Crippen LogP contribution in [-0.4, -0.2) is 19.1 Å². The van der Waals surface area contributed by atoms with E-state index in [4.69, 9.17) is 4.74 Å². The summed E-state index contributed by atoms with van der Waals surface area (Å²) in [6.07, 6.45) is 2.81. The molecule has 1 unspecified atom stereocenters. The fraction of sp³-hybridized carbons (Fsp3) is 0.267. The van der Waals surface area contributed by atoms with Gasteiger partial charge in [0.25, 0.3) is 0 Å². The molecule has 1 heterocycles. The summed E-state index contributed by atoms with van der Waals surface area (Å²) in [5.74, 6) is 0.409. The maximum absolute atomic E-state index is 13.9. The van der Waals surface area contributed by atoms with Crippen LogP contribution in [0.5, 0.6) is 5.75 Å². The highest BCUT2D eigenvalue weighted by Gasteiger charge is 2.19. The molecule has 1 aromatic heterocycles. The summed E-state index contributed by atoms with van der Waals surface area (Å²) in [5, 5.41) is 3.13. The fourth-order valence-electron chi connectivity index (χ4n) is 2.18. The molecule has 0 saturated carbocycles. The topological polar surface area (TPSA) is 34.2 Å². The van der Waals surface area contributed by atoms with E-state index < -0.39 is 0 Å². The Labute approximate surface area is 112 Å². The number of pyridine rings is 1. The smallest absolute Gasteiger partial charge is 0.146 e. The summed E-state index contributed by atoms with van der Waals surface area (Å²) in [6, 6.07) is 7.28. The van der Waals surface area contributed by atoms with Crippen LogP contribution in [0.1, 0.15) is 22.7 Å². The Morgan fingerprint density at radius 2 is 2.05 bits per heavy atom. The Morgan fingerprint density at radius 3 is 2.68 bits per heavy atom. The van der Waals surface area contributed by atoms with Gasteiger partial charge < -0.3 is 10.1 Å². The third kappa shape index (κ3) is 2.74. The van der Waals surface area contributed by atoms with Crippen LogP contribution in [0.15, 0.2) is 36.7 Å². The summed E-state index contributed by atoms with van der Waals surface area (Å²) in [5.41, 5.74) is 2.57. The van der Waals surface area contributed by atoms with Crippen LogP contribution in [-0.2, 0) is 0 Å². The molecule has 0 fully saturated rings. The van der Waals surface area contributed by atoms with E-state index in [1.54, 1.807) is 26.4 Å². The predicted molar refractivity (Wildman–Crippen MR) is 72.8 cm³/mol. The van der Waals surface area contributed by atoms with Gasteiger partial charge in [0.05, 0.1) is 19.3 Å². The molecule has 0 aliphatic rings. The summed E-state index contributed by atoms with van der Waals surface area (Å²) >= 11 is 0. The number of nitrogens with zero attached hydrogens (tertiary/aromatic N) is 1. The van der Waals surface area contributed by atoms with Crippen molar-refractivity contribution in [3.05, 3.63) is 59.2 Å². The number of methoxy groups -OCH3 is 1. The highest BCUT2D eigenvalue weighted by atomic mass is 19.1. The molecule has 100 valence electrons. The highest BCUT2D eigenvalue weighted by Crippen LogP contribution is 2.31. The number of benzene rings is 1. The van der Waals surface area contributed by atoms with Crippen LogP contribution < -0.4 is 10.1 Å². The van der Waals surface area contributed by atoms with Crippen molar-refractivity contribution in [1.29, 1.82) is 0 Å². The molecule has 1 N–H and O–H groups in total. The van der Waals surface area contributed by atoms with Gasteiger partial charge in [-0.3, -0.25) is 4.98 Å². The summed E-state index contributed by atoms with van der Waals surface area (Å²) in [4.78, 5) is 3.78. The van der Waals surface area contributed by atoms with E-state index in [0.717, 1.165) is 16.9 Å². The molecule has 3 nitrogen and oxygen atoms in total. The molecule has 0 amide bonds. The first-order chi connectivity index (χ1) is 9.17. The van der Waals surface area contributed by atoms with E-state index in [2.05, 4.69) is 10.3 Å². The lowest BCUT2D eigenvalue weighted by molar-refractivity contribution is 0.404. The molecule has 0 spiro atoms. The molecule has 4 heteroatoms. The summed E-state index contributed by atoms with van der Waals surface area (Å²) < 4.78 is 19.3. The molecule has 0 saturated heterocycles. The third-order valence-electron chi connectivity index (χ3n) is 3.10. The second-order valence-electron chi connectivity index (χ2n) is 4.36. The van der Waals surface area contributed by atoms with Gasteiger partial charge in [-0.1, -0.05) is 17.7 Å². The molecule has 0 radical (unpaired) electrons. The molecule has 2 rings (SSSR count). The van der Waals surface area contributed by atoms with E-state index in [1.165, 1.54) is 6.20 Å². The quantitative estimate of drug-likeness (QED) is 0.918. The first-order valence-electron chi connectivity index (χ1n) is 6.08. The van der Waals surface area contributed by atoms with Gasteiger partial charge in [0.15, 0.2) is 0 Å². The van der Waals surface area contributed by atoms with Crippen molar-refractivity contribution in [2.24, 2.45) is 0 Å². The lowest BCUT2D eigenvalue weighted by Crippen LogP contribution is -2.20. The van der Waals surface area contributed by atoms with Crippen molar-refractivity contribution < 1.29 is 9.13 Å². The Hall–Kier alpha value is -1.94. The van der Waals surface area contributed by atoms with E-state index >= 15 is 0 Å². The predicted octanol–water partition coefficient (Wildman–Crippen LogP) is 2.85. The van der Waals surface area contributed by atoms with Crippen LogP contribution in [0.3, 0.4) is 0 Å².